The fourth-order valence-electron chi connectivity index (χ4n) is 2.31. The molecule has 0 saturated carbocycles. The zero-order valence-electron chi connectivity index (χ0n) is 10.7. The fraction of sp³-hybridized carbons (Fsp3) is 0.125. The molecule has 100 valence electrons. The maximum Gasteiger partial charge on any atom is 0.248 e. The zero-order valence-corrected chi connectivity index (χ0v) is 12.3. The maximum atomic E-state index is 12.0. The second-order valence-electron chi connectivity index (χ2n) is 4.71. The minimum atomic E-state index is -0.174. The van der Waals surface area contributed by atoms with E-state index in [1.54, 1.807) is 0 Å². The van der Waals surface area contributed by atoms with Crippen molar-refractivity contribution in [1.82, 2.24) is 5.43 Å². The highest BCUT2D eigenvalue weighted by molar-refractivity contribution is 9.10. The van der Waals surface area contributed by atoms with E-state index in [-0.39, 0.29) is 11.8 Å². The highest BCUT2D eigenvalue weighted by atomic mass is 79.9. The molecule has 0 fully saturated rings. The van der Waals surface area contributed by atoms with Crippen LogP contribution < -0.4 is 5.43 Å². The summed E-state index contributed by atoms with van der Waals surface area (Å²) in [6.45, 7) is 0. The monoisotopic (exact) mass is 328 g/mol. The number of hydrogen-bond donors (Lipinski definition) is 1. The smallest absolute Gasteiger partial charge is 0.248 e. The Labute approximate surface area is 125 Å². The van der Waals surface area contributed by atoms with Crippen molar-refractivity contribution in [3.8, 4) is 0 Å². The third kappa shape index (κ3) is 2.65. The molecule has 0 radical (unpaired) electrons. The van der Waals surface area contributed by atoms with Crippen LogP contribution in [0, 0.1) is 0 Å². The molecule has 1 N–H and O–H groups in total. The van der Waals surface area contributed by atoms with Gasteiger partial charge in [0, 0.05) is 10.9 Å². The number of nitrogens with zero attached hydrogens (tertiary/aromatic N) is 1. The fourth-order valence-corrected chi connectivity index (χ4v) is 2.58. The number of nitrogens with one attached hydrogen (secondary N) is 1. The molecule has 3 nitrogen and oxygen atoms in total. The van der Waals surface area contributed by atoms with E-state index in [2.05, 4.69) is 26.5 Å². The lowest BCUT2D eigenvalue weighted by Gasteiger charge is -2.21. The van der Waals surface area contributed by atoms with Gasteiger partial charge < -0.3 is 0 Å². The number of carbonyl (C=O) groups is 1. The Morgan fingerprint density at radius 3 is 2.45 bits per heavy atom. The molecule has 0 aromatic heterocycles. The van der Waals surface area contributed by atoms with Gasteiger partial charge in [0.1, 0.15) is 0 Å². The van der Waals surface area contributed by atoms with Gasteiger partial charge in [0.15, 0.2) is 0 Å². The van der Waals surface area contributed by atoms with Crippen LogP contribution >= 0.6 is 15.9 Å². The van der Waals surface area contributed by atoms with Crippen molar-refractivity contribution in [3.63, 3.8) is 0 Å². The molecule has 1 atom stereocenters. The molecule has 20 heavy (non-hydrogen) atoms. The Kier molecular flexibility index (Phi) is 3.65. The number of benzene rings is 2. The topological polar surface area (TPSA) is 41.5 Å². The summed E-state index contributed by atoms with van der Waals surface area (Å²) in [7, 11) is 0. The van der Waals surface area contributed by atoms with Crippen LogP contribution in [0.1, 0.15) is 23.5 Å². The van der Waals surface area contributed by atoms with E-state index in [0.29, 0.717) is 6.42 Å². The van der Waals surface area contributed by atoms with Gasteiger partial charge >= 0.3 is 0 Å². The largest absolute Gasteiger partial charge is 0.272 e. The van der Waals surface area contributed by atoms with Crippen LogP contribution in [-0.4, -0.2) is 11.6 Å². The van der Waals surface area contributed by atoms with E-state index in [9.17, 15) is 4.79 Å². The lowest BCUT2D eigenvalue weighted by atomic mass is 9.89. The van der Waals surface area contributed by atoms with Gasteiger partial charge in [0.25, 0.3) is 0 Å². The third-order valence-electron chi connectivity index (χ3n) is 3.39. The minimum absolute atomic E-state index is 0.0444. The number of halogens is 1. The van der Waals surface area contributed by atoms with Gasteiger partial charge in [0.05, 0.1) is 11.6 Å². The lowest BCUT2D eigenvalue weighted by molar-refractivity contribution is -0.122. The van der Waals surface area contributed by atoms with Crippen molar-refractivity contribution >= 4 is 27.5 Å². The van der Waals surface area contributed by atoms with E-state index in [1.807, 2.05) is 54.6 Å². The Hall–Kier alpha value is -1.94. The van der Waals surface area contributed by atoms with E-state index >= 15 is 0 Å². The summed E-state index contributed by atoms with van der Waals surface area (Å²) >= 11 is 3.42. The van der Waals surface area contributed by atoms with E-state index in [1.165, 1.54) is 0 Å². The molecule has 0 saturated heterocycles. The normalized spacial score (nSPS) is 18.4. The van der Waals surface area contributed by atoms with Gasteiger partial charge in [0.2, 0.25) is 5.91 Å². The SMILES string of the molecule is O=C1NN=C(c2ccc(Br)cc2)C[C@@H]1c1ccccc1. The van der Waals surface area contributed by atoms with Crippen LogP contribution in [0.3, 0.4) is 0 Å². The van der Waals surface area contributed by atoms with Gasteiger partial charge in [-0.25, -0.2) is 5.43 Å². The van der Waals surface area contributed by atoms with Crippen LogP contribution in [0.25, 0.3) is 0 Å². The van der Waals surface area contributed by atoms with Gasteiger partial charge in [-0.1, -0.05) is 58.4 Å². The Bertz CT molecular complexity index is 650. The molecular formula is C16H13BrN2O. The van der Waals surface area contributed by atoms with Crippen molar-refractivity contribution in [2.45, 2.75) is 12.3 Å². The van der Waals surface area contributed by atoms with Crippen molar-refractivity contribution in [2.24, 2.45) is 5.10 Å². The van der Waals surface area contributed by atoms with E-state index in [4.69, 9.17) is 0 Å². The summed E-state index contributed by atoms with van der Waals surface area (Å²) in [6, 6.07) is 17.8. The second-order valence-corrected chi connectivity index (χ2v) is 5.62. The van der Waals surface area contributed by atoms with Crippen molar-refractivity contribution in [1.29, 1.82) is 0 Å². The van der Waals surface area contributed by atoms with Crippen LogP contribution in [-0.2, 0) is 4.79 Å². The number of hydrazone groups is 1. The molecule has 0 spiro atoms. The molecule has 2 aromatic carbocycles. The summed E-state index contributed by atoms with van der Waals surface area (Å²) in [4.78, 5) is 12.0. The first-order valence-corrected chi connectivity index (χ1v) is 7.20. The predicted octanol–water partition coefficient (Wildman–Crippen LogP) is 3.46. The molecule has 0 bridgehead atoms. The molecule has 1 aliphatic heterocycles. The second kappa shape index (κ2) is 5.59. The first-order chi connectivity index (χ1) is 9.74. The molecule has 1 aliphatic rings. The molecule has 0 unspecified atom stereocenters. The zero-order chi connectivity index (χ0) is 13.9. The van der Waals surface area contributed by atoms with Crippen molar-refractivity contribution in [2.75, 3.05) is 0 Å². The Morgan fingerprint density at radius 2 is 1.75 bits per heavy atom. The minimum Gasteiger partial charge on any atom is -0.272 e. The third-order valence-corrected chi connectivity index (χ3v) is 3.92. The Balaban J connectivity index is 1.89. The van der Waals surface area contributed by atoms with Gasteiger partial charge in [-0.2, -0.15) is 5.10 Å². The van der Waals surface area contributed by atoms with Gasteiger partial charge in [-0.3, -0.25) is 4.79 Å². The average Bonchev–Trinajstić information content (AvgIpc) is 2.50. The highest BCUT2D eigenvalue weighted by Gasteiger charge is 2.26. The van der Waals surface area contributed by atoms with Gasteiger partial charge in [-0.15, -0.1) is 0 Å². The number of amides is 1. The van der Waals surface area contributed by atoms with Crippen LogP contribution in [0.15, 0.2) is 64.2 Å². The first kappa shape index (κ1) is 13.1. The summed E-state index contributed by atoms with van der Waals surface area (Å²) in [5.74, 6) is -0.218. The lowest BCUT2D eigenvalue weighted by Crippen LogP contribution is -2.33. The predicted molar refractivity (Wildman–Crippen MR) is 82.6 cm³/mol. The van der Waals surface area contributed by atoms with Crippen molar-refractivity contribution < 1.29 is 4.79 Å². The number of rotatable bonds is 2. The summed E-state index contributed by atoms with van der Waals surface area (Å²) in [5.41, 5.74) is 5.60. The van der Waals surface area contributed by atoms with E-state index in [0.717, 1.165) is 21.3 Å². The van der Waals surface area contributed by atoms with Crippen LogP contribution in [0.2, 0.25) is 0 Å². The standard InChI is InChI=1S/C16H13BrN2O/c17-13-8-6-12(7-9-13)15-10-14(16(20)19-18-15)11-4-2-1-3-5-11/h1-9,14H,10H2,(H,19,20)/t14-/m1/s1. The van der Waals surface area contributed by atoms with Gasteiger partial charge in [-0.05, 0) is 23.3 Å². The highest BCUT2D eigenvalue weighted by Crippen LogP contribution is 2.25. The number of carbonyl (C=O) groups excluding carboxylic acids is 1. The molecular weight excluding hydrogens is 316 g/mol. The molecule has 2 aromatic rings. The average molecular weight is 329 g/mol. The summed E-state index contributed by atoms with van der Waals surface area (Å²) < 4.78 is 1.03. The number of hydrogen-bond acceptors (Lipinski definition) is 2. The van der Waals surface area contributed by atoms with Crippen molar-refractivity contribution in [3.05, 3.63) is 70.2 Å². The molecule has 1 amide bonds. The first-order valence-electron chi connectivity index (χ1n) is 6.41. The van der Waals surface area contributed by atoms with E-state index < -0.39 is 0 Å². The summed E-state index contributed by atoms with van der Waals surface area (Å²) in [5, 5.41) is 4.19. The molecule has 4 heteroatoms. The molecule has 1 heterocycles. The quantitative estimate of drug-likeness (QED) is 0.901. The molecule has 3 rings (SSSR count). The molecule has 0 aliphatic carbocycles. The maximum absolute atomic E-state index is 12.0. The van der Waals surface area contributed by atoms with Crippen LogP contribution in [0.5, 0.6) is 0 Å². The summed E-state index contributed by atoms with van der Waals surface area (Å²) in [6.07, 6.45) is 0.622. The van der Waals surface area contributed by atoms with Crippen LogP contribution in [0.4, 0.5) is 0 Å². The Morgan fingerprint density at radius 1 is 1.05 bits per heavy atom.